The summed E-state index contributed by atoms with van der Waals surface area (Å²) in [6.45, 7) is 2.27. The van der Waals surface area contributed by atoms with Crippen molar-refractivity contribution in [2.24, 2.45) is 5.92 Å². The third-order valence-corrected chi connectivity index (χ3v) is 4.91. The lowest BCUT2D eigenvalue weighted by molar-refractivity contribution is 0.536. The molecule has 0 fully saturated rings. The van der Waals surface area contributed by atoms with Gasteiger partial charge in [0, 0.05) is 10.0 Å². The maximum Gasteiger partial charge on any atom is 0.0345 e. The maximum atomic E-state index is 3.63. The minimum absolute atomic E-state index is 0.781. The molecule has 1 heterocycles. The quantitative estimate of drug-likeness (QED) is 0.661. The minimum atomic E-state index is 0.781. The molecule has 0 aliphatic carbocycles. The predicted octanol–water partition coefficient (Wildman–Crippen LogP) is 5.26. The van der Waals surface area contributed by atoms with Gasteiger partial charge in [-0.2, -0.15) is 0 Å². The summed E-state index contributed by atoms with van der Waals surface area (Å²) in [5, 5.41) is 4.90. The second kappa shape index (κ2) is 5.83. The number of fused-ring (bicyclic) bond motifs is 1. The smallest absolute Gasteiger partial charge is 0.0345 e. The van der Waals surface area contributed by atoms with Gasteiger partial charge < -0.3 is 0 Å². The number of rotatable bonds is 5. The number of hydrogen-bond donors (Lipinski definition) is 0. The fraction of sp³-hybridized carbons (Fsp3) is 0.429. The van der Waals surface area contributed by atoms with Crippen LogP contribution in [0, 0.1) is 5.92 Å². The fourth-order valence-corrected chi connectivity index (χ4v) is 3.67. The van der Waals surface area contributed by atoms with Crippen LogP contribution in [0.2, 0.25) is 0 Å². The van der Waals surface area contributed by atoms with Gasteiger partial charge in [0.15, 0.2) is 0 Å². The Morgan fingerprint density at radius 1 is 1.31 bits per heavy atom. The van der Waals surface area contributed by atoms with Gasteiger partial charge in [0.05, 0.1) is 0 Å². The second-order valence-electron chi connectivity index (χ2n) is 4.27. The summed E-state index contributed by atoms with van der Waals surface area (Å²) in [6, 6.07) is 8.73. The number of benzene rings is 1. The highest BCUT2D eigenvalue weighted by Crippen LogP contribution is 2.28. The average molecular weight is 297 g/mol. The largest absolute Gasteiger partial charge is 0.144 e. The van der Waals surface area contributed by atoms with Gasteiger partial charge in [0.2, 0.25) is 0 Å². The molecule has 0 saturated carbocycles. The molecule has 86 valence electrons. The highest BCUT2D eigenvalue weighted by atomic mass is 79.9. The van der Waals surface area contributed by atoms with Crippen LogP contribution in [0.5, 0.6) is 0 Å². The summed E-state index contributed by atoms with van der Waals surface area (Å²) >= 11 is 5.50. The summed E-state index contributed by atoms with van der Waals surface area (Å²) < 4.78 is 1.42. The highest BCUT2D eigenvalue weighted by molar-refractivity contribution is 9.09. The molecule has 0 bridgehead atoms. The van der Waals surface area contributed by atoms with Crippen LogP contribution >= 0.6 is 27.3 Å². The van der Waals surface area contributed by atoms with E-state index in [-0.39, 0.29) is 0 Å². The first-order valence-corrected chi connectivity index (χ1v) is 7.86. The first-order chi connectivity index (χ1) is 7.85. The zero-order valence-electron chi connectivity index (χ0n) is 9.58. The van der Waals surface area contributed by atoms with Crippen LogP contribution in [0.3, 0.4) is 0 Å². The van der Waals surface area contributed by atoms with Gasteiger partial charge in [-0.3, -0.25) is 0 Å². The standard InChI is InChI=1S/C14H17BrS/c1-2-5-11(9-15)8-12-10-16-14-7-4-3-6-13(12)14/h3-4,6-7,10-11H,2,5,8-9H2,1H3. The number of halogens is 1. The van der Waals surface area contributed by atoms with E-state index in [4.69, 9.17) is 0 Å². The molecular formula is C14H17BrS. The van der Waals surface area contributed by atoms with Crippen molar-refractivity contribution in [3.8, 4) is 0 Å². The Labute approximate surface area is 110 Å². The van der Waals surface area contributed by atoms with E-state index in [1.807, 2.05) is 11.3 Å². The van der Waals surface area contributed by atoms with E-state index in [1.165, 1.54) is 34.9 Å². The topological polar surface area (TPSA) is 0 Å². The average Bonchev–Trinajstić information content (AvgIpc) is 2.72. The molecule has 0 spiro atoms. The molecule has 0 nitrogen and oxygen atoms in total. The van der Waals surface area contributed by atoms with Crippen LogP contribution in [0.1, 0.15) is 25.3 Å². The zero-order chi connectivity index (χ0) is 11.4. The van der Waals surface area contributed by atoms with E-state index in [1.54, 1.807) is 0 Å². The molecule has 1 aromatic carbocycles. The van der Waals surface area contributed by atoms with Crippen molar-refractivity contribution in [3.63, 3.8) is 0 Å². The Morgan fingerprint density at radius 3 is 2.88 bits per heavy atom. The summed E-state index contributed by atoms with van der Waals surface area (Å²) in [5.74, 6) is 0.781. The highest BCUT2D eigenvalue weighted by Gasteiger charge is 2.10. The van der Waals surface area contributed by atoms with E-state index in [2.05, 4.69) is 52.5 Å². The van der Waals surface area contributed by atoms with E-state index in [0.717, 1.165) is 11.2 Å². The van der Waals surface area contributed by atoms with Crippen molar-refractivity contribution >= 4 is 37.4 Å². The molecule has 0 amide bonds. The van der Waals surface area contributed by atoms with Gasteiger partial charge in [0.1, 0.15) is 0 Å². The van der Waals surface area contributed by atoms with Crippen LogP contribution in [-0.4, -0.2) is 5.33 Å². The first kappa shape index (κ1) is 12.1. The molecule has 0 saturated heterocycles. The van der Waals surface area contributed by atoms with Crippen LogP contribution in [-0.2, 0) is 6.42 Å². The van der Waals surface area contributed by atoms with Crippen molar-refractivity contribution < 1.29 is 0 Å². The van der Waals surface area contributed by atoms with Gasteiger partial charge >= 0.3 is 0 Å². The van der Waals surface area contributed by atoms with Crippen LogP contribution in [0.25, 0.3) is 10.1 Å². The SMILES string of the molecule is CCCC(CBr)Cc1csc2ccccc12. The van der Waals surface area contributed by atoms with Crippen molar-refractivity contribution in [1.29, 1.82) is 0 Å². The number of hydrogen-bond acceptors (Lipinski definition) is 1. The van der Waals surface area contributed by atoms with Gasteiger partial charge in [0.25, 0.3) is 0 Å². The van der Waals surface area contributed by atoms with Crippen LogP contribution in [0.4, 0.5) is 0 Å². The third kappa shape index (κ3) is 2.67. The lowest BCUT2D eigenvalue weighted by Crippen LogP contribution is -2.05. The zero-order valence-corrected chi connectivity index (χ0v) is 12.0. The van der Waals surface area contributed by atoms with Gasteiger partial charge in [-0.05, 0) is 41.2 Å². The second-order valence-corrected chi connectivity index (χ2v) is 5.83. The van der Waals surface area contributed by atoms with Gasteiger partial charge in [-0.25, -0.2) is 0 Å². The van der Waals surface area contributed by atoms with E-state index in [0.29, 0.717) is 0 Å². The molecule has 1 atom stereocenters. The van der Waals surface area contributed by atoms with Crippen molar-refractivity contribution in [3.05, 3.63) is 35.2 Å². The van der Waals surface area contributed by atoms with E-state index >= 15 is 0 Å². The van der Waals surface area contributed by atoms with Crippen molar-refractivity contribution in [2.45, 2.75) is 26.2 Å². The molecule has 2 rings (SSSR count). The van der Waals surface area contributed by atoms with Gasteiger partial charge in [-0.15, -0.1) is 11.3 Å². The number of thiophene rings is 1. The predicted molar refractivity (Wildman–Crippen MR) is 77.7 cm³/mol. The Morgan fingerprint density at radius 2 is 2.12 bits per heavy atom. The Hall–Kier alpha value is -0.340. The summed E-state index contributed by atoms with van der Waals surface area (Å²) in [7, 11) is 0. The Bertz CT molecular complexity index is 447. The monoisotopic (exact) mass is 296 g/mol. The summed E-state index contributed by atoms with van der Waals surface area (Å²) in [4.78, 5) is 0. The lowest BCUT2D eigenvalue weighted by atomic mass is 9.97. The summed E-state index contributed by atoms with van der Waals surface area (Å²) in [6.07, 6.45) is 3.80. The molecular weight excluding hydrogens is 280 g/mol. The lowest BCUT2D eigenvalue weighted by Gasteiger charge is -2.11. The van der Waals surface area contributed by atoms with Crippen molar-refractivity contribution in [1.82, 2.24) is 0 Å². The third-order valence-electron chi connectivity index (χ3n) is 2.98. The normalized spacial score (nSPS) is 13.1. The first-order valence-electron chi connectivity index (χ1n) is 5.86. The Kier molecular flexibility index (Phi) is 4.42. The molecule has 16 heavy (non-hydrogen) atoms. The molecule has 1 aromatic heterocycles. The molecule has 1 unspecified atom stereocenters. The van der Waals surface area contributed by atoms with Crippen molar-refractivity contribution in [2.75, 3.05) is 5.33 Å². The molecule has 0 N–H and O–H groups in total. The fourth-order valence-electron chi connectivity index (χ4n) is 2.14. The van der Waals surface area contributed by atoms with E-state index in [9.17, 15) is 0 Å². The summed E-state index contributed by atoms with van der Waals surface area (Å²) in [5.41, 5.74) is 1.53. The Balaban J connectivity index is 2.20. The molecule has 2 heteroatoms. The molecule has 0 radical (unpaired) electrons. The molecule has 0 aliphatic rings. The molecule has 2 aromatic rings. The number of alkyl halides is 1. The van der Waals surface area contributed by atoms with E-state index < -0.39 is 0 Å². The maximum absolute atomic E-state index is 3.63. The minimum Gasteiger partial charge on any atom is -0.144 e. The van der Waals surface area contributed by atoms with Crippen LogP contribution in [0.15, 0.2) is 29.6 Å². The van der Waals surface area contributed by atoms with Crippen LogP contribution < -0.4 is 0 Å². The van der Waals surface area contributed by atoms with Gasteiger partial charge in [-0.1, -0.05) is 47.5 Å². The molecule has 0 aliphatic heterocycles.